The number of thioether (sulfide) groups is 1. The van der Waals surface area contributed by atoms with E-state index in [0.29, 0.717) is 5.92 Å². The first-order valence-corrected chi connectivity index (χ1v) is 6.48. The predicted octanol–water partition coefficient (Wildman–Crippen LogP) is 0.929. The third-order valence-corrected chi connectivity index (χ3v) is 4.37. The number of hydrogen-bond donors (Lipinski definition) is 2. The molecule has 5 heteroatoms. The molecule has 1 heterocycles. The summed E-state index contributed by atoms with van der Waals surface area (Å²) in [6.07, 6.45) is 5.73. The minimum atomic E-state index is -0.143. The van der Waals surface area contributed by atoms with E-state index in [1.54, 1.807) is 24.3 Å². The number of aliphatic hydroxyl groups is 1. The van der Waals surface area contributed by atoms with Gasteiger partial charge in [-0.15, -0.1) is 11.8 Å². The Kier molecular flexibility index (Phi) is 3.78. The summed E-state index contributed by atoms with van der Waals surface area (Å²) in [5.74, 6) is 1.46. The van der Waals surface area contributed by atoms with Gasteiger partial charge in [-0.1, -0.05) is 0 Å². The van der Waals surface area contributed by atoms with Crippen LogP contribution in [0.15, 0.2) is 23.6 Å². The number of nitrogens with zero attached hydrogens (tertiary/aromatic N) is 2. The fraction of sp³-hybridized carbons (Fsp3) is 0.636. The minimum Gasteiger partial charge on any atom is -0.394 e. The molecule has 0 aliphatic heterocycles. The maximum absolute atomic E-state index is 9.56. The molecule has 4 nitrogen and oxygen atoms in total. The van der Waals surface area contributed by atoms with Crippen LogP contribution in [0.5, 0.6) is 0 Å². The van der Waals surface area contributed by atoms with Gasteiger partial charge < -0.3 is 10.4 Å². The van der Waals surface area contributed by atoms with E-state index in [1.165, 1.54) is 12.8 Å². The van der Waals surface area contributed by atoms with Gasteiger partial charge in [-0.25, -0.2) is 9.97 Å². The van der Waals surface area contributed by atoms with Crippen molar-refractivity contribution in [2.45, 2.75) is 23.4 Å². The quantitative estimate of drug-likeness (QED) is 0.571. The van der Waals surface area contributed by atoms with E-state index >= 15 is 0 Å². The van der Waals surface area contributed by atoms with Crippen molar-refractivity contribution in [1.29, 1.82) is 0 Å². The van der Waals surface area contributed by atoms with Crippen LogP contribution in [0.2, 0.25) is 0 Å². The first-order valence-electron chi connectivity index (χ1n) is 5.49. The van der Waals surface area contributed by atoms with Crippen LogP contribution in [0, 0.1) is 5.92 Å². The normalized spacial score (nSPS) is 19.4. The molecule has 1 saturated carbocycles. The molecule has 1 aliphatic carbocycles. The summed E-state index contributed by atoms with van der Waals surface area (Å²) in [6, 6.07) is 1.90. The molecular formula is C11H17N3OS. The minimum absolute atomic E-state index is 0.143. The highest BCUT2D eigenvalue weighted by Gasteiger charge is 2.43. The van der Waals surface area contributed by atoms with Crippen molar-refractivity contribution >= 4 is 11.8 Å². The summed E-state index contributed by atoms with van der Waals surface area (Å²) >= 11 is 1.67. The Labute approximate surface area is 99.9 Å². The highest BCUT2D eigenvalue weighted by Crippen LogP contribution is 2.41. The summed E-state index contributed by atoms with van der Waals surface area (Å²) < 4.78 is 0. The second kappa shape index (κ2) is 5.12. The lowest BCUT2D eigenvalue weighted by Gasteiger charge is -2.31. The van der Waals surface area contributed by atoms with Crippen LogP contribution in [0.1, 0.15) is 12.8 Å². The van der Waals surface area contributed by atoms with Crippen LogP contribution in [0.4, 0.5) is 0 Å². The van der Waals surface area contributed by atoms with Crippen LogP contribution >= 0.6 is 11.8 Å². The Bertz CT molecular complexity index is 325. The highest BCUT2D eigenvalue weighted by molar-refractivity contribution is 7.99. The number of hydrogen-bond acceptors (Lipinski definition) is 5. The van der Waals surface area contributed by atoms with Crippen molar-refractivity contribution in [3.05, 3.63) is 18.6 Å². The van der Waals surface area contributed by atoms with E-state index in [0.717, 1.165) is 10.8 Å². The van der Waals surface area contributed by atoms with Crippen LogP contribution in [0.3, 0.4) is 0 Å². The molecule has 1 fully saturated rings. The topological polar surface area (TPSA) is 58.0 Å². The molecule has 0 aromatic carbocycles. The summed E-state index contributed by atoms with van der Waals surface area (Å²) in [6.45, 7) is 0.187. The van der Waals surface area contributed by atoms with Gasteiger partial charge in [0.05, 0.1) is 17.2 Å². The molecule has 1 atom stereocenters. The molecule has 0 bridgehead atoms. The van der Waals surface area contributed by atoms with Gasteiger partial charge in [-0.3, -0.25) is 0 Å². The Morgan fingerprint density at radius 3 is 2.94 bits per heavy atom. The summed E-state index contributed by atoms with van der Waals surface area (Å²) in [5, 5.41) is 13.8. The van der Waals surface area contributed by atoms with E-state index in [9.17, 15) is 5.11 Å². The molecule has 1 aromatic rings. The SMILES string of the molecule is CNC(CO)(CSc1ccncn1)C1CC1. The van der Waals surface area contributed by atoms with Gasteiger partial charge in [0.1, 0.15) is 6.33 Å². The molecular weight excluding hydrogens is 222 g/mol. The lowest BCUT2D eigenvalue weighted by molar-refractivity contribution is 0.167. The summed E-state index contributed by atoms with van der Waals surface area (Å²) in [5.41, 5.74) is -0.143. The van der Waals surface area contributed by atoms with Gasteiger partial charge in [0.2, 0.25) is 0 Å². The average molecular weight is 239 g/mol. The number of likely N-dealkylation sites (N-methyl/N-ethyl adjacent to an activating group) is 1. The summed E-state index contributed by atoms with van der Waals surface area (Å²) in [7, 11) is 1.93. The third kappa shape index (κ3) is 2.53. The van der Waals surface area contributed by atoms with E-state index in [4.69, 9.17) is 0 Å². The fourth-order valence-corrected chi connectivity index (χ4v) is 3.01. The molecule has 0 radical (unpaired) electrons. The van der Waals surface area contributed by atoms with Crippen LogP contribution in [0.25, 0.3) is 0 Å². The fourth-order valence-electron chi connectivity index (χ4n) is 1.85. The van der Waals surface area contributed by atoms with Crippen molar-refractivity contribution in [3.8, 4) is 0 Å². The molecule has 0 amide bonds. The van der Waals surface area contributed by atoms with E-state index in [-0.39, 0.29) is 12.1 Å². The Hall–Kier alpha value is -0.650. The largest absolute Gasteiger partial charge is 0.394 e. The van der Waals surface area contributed by atoms with Crippen LogP contribution in [-0.4, -0.2) is 40.0 Å². The highest BCUT2D eigenvalue weighted by atomic mass is 32.2. The van der Waals surface area contributed by atoms with Gasteiger partial charge in [-0.2, -0.15) is 0 Å². The smallest absolute Gasteiger partial charge is 0.116 e. The van der Waals surface area contributed by atoms with E-state index < -0.39 is 0 Å². The second-order valence-electron chi connectivity index (χ2n) is 4.17. The molecule has 1 aromatic heterocycles. The zero-order valence-corrected chi connectivity index (χ0v) is 10.2. The van der Waals surface area contributed by atoms with Gasteiger partial charge in [0, 0.05) is 11.9 Å². The van der Waals surface area contributed by atoms with Crippen molar-refractivity contribution in [2.24, 2.45) is 5.92 Å². The van der Waals surface area contributed by atoms with E-state index in [2.05, 4.69) is 15.3 Å². The van der Waals surface area contributed by atoms with Crippen molar-refractivity contribution in [2.75, 3.05) is 19.4 Å². The van der Waals surface area contributed by atoms with Gasteiger partial charge in [0.25, 0.3) is 0 Å². The van der Waals surface area contributed by atoms with Gasteiger partial charge in [-0.05, 0) is 31.9 Å². The zero-order chi connectivity index (χ0) is 11.4. The van der Waals surface area contributed by atoms with Gasteiger partial charge >= 0.3 is 0 Å². The molecule has 1 aliphatic rings. The summed E-state index contributed by atoms with van der Waals surface area (Å²) in [4.78, 5) is 8.06. The first kappa shape index (κ1) is 11.8. The number of aliphatic hydroxyl groups excluding tert-OH is 1. The number of nitrogens with one attached hydrogen (secondary N) is 1. The monoisotopic (exact) mass is 239 g/mol. The first-order chi connectivity index (χ1) is 7.80. The standard InChI is InChI=1S/C11H17N3OS/c1-12-11(6-15,9-2-3-9)7-16-10-4-5-13-8-14-10/h4-5,8-9,12,15H,2-3,6-7H2,1H3. The van der Waals surface area contributed by atoms with Crippen LogP contribution < -0.4 is 5.32 Å². The number of rotatable bonds is 6. The average Bonchev–Trinajstić information content (AvgIpc) is 3.17. The van der Waals surface area contributed by atoms with E-state index in [1.807, 2.05) is 13.1 Å². The zero-order valence-electron chi connectivity index (χ0n) is 9.39. The van der Waals surface area contributed by atoms with Gasteiger partial charge in [0.15, 0.2) is 0 Å². The Balaban J connectivity index is 1.96. The lowest BCUT2D eigenvalue weighted by atomic mass is 9.97. The molecule has 88 valence electrons. The molecule has 0 spiro atoms. The maximum Gasteiger partial charge on any atom is 0.116 e. The molecule has 16 heavy (non-hydrogen) atoms. The molecule has 1 unspecified atom stereocenters. The van der Waals surface area contributed by atoms with Crippen molar-refractivity contribution < 1.29 is 5.11 Å². The predicted molar refractivity (Wildman–Crippen MR) is 64.4 cm³/mol. The van der Waals surface area contributed by atoms with Crippen molar-refractivity contribution in [1.82, 2.24) is 15.3 Å². The van der Waals surface area contributed by atoms with Crippen LogP contribution in [-0.2, 0) is 0 Å². The molecule has 2 N–H and O–H groups in total. The Morgan fingerprint density at radius 2 is 2.44 bits per heavy atom. The van der Waals surface area contributed by atoms with Crippen molar-refractivity contribution in [3.63, 3.8) is 0 Å². The third-order valence-electron chi connectivity index (χ3n) is 3.17. The maximum atomic E-state index is 9.56. The molecule has 2 rings (SSSR count). The Morgan fingerprint density at radius 1 is 1.62 bits per heavy atom. The number of aromatic nitrogens is 2. The molecule has 0 saturated heterocycles. The second-order valence-corrected chi connectivity index (χ2v) is 5.17. The lowest BCUT2D eigenvalue weighted by Crippen LogP contribution is -2.51.